The Balaban J connectivity index is 1.83. The first-order valence-corrected chi connectivity index (χ1v) is 7.49. The van der Waals surface area contributed by atoms with Gasteiger partial charge >= 0.3 is 5.97 Å². The Hall–Kier alpha value is -1.66. The second-order valence-electron chi connectivity index (χ2n) is 3.86. The second-order valence-corrected chi connectivity index (χ2v) is 5.73. The van der Waals surface area contributed by atoms with Crippen LogP contribution < -0.4 is 4.74 Å². The normalized spacial score (nSPS) is 11.2. The maximum Gasteiger partial charge on any atom is 0.372 e. The van der Waals surface area contributed by atoms with E-state index in [1.54, 1.807) is 19.1 Å². The molecule has 0 saturated carbocycles. The Bertz CT molecular complexity index is 611. The highest BCUT2D eigenvalue weighted by molar-refractivity contribution is 9.10. The van der Waals surface area contributed by atoms with E-state index in [1.165, 1.54) is 11.3 Å². The topological polar surface area (TPSA) is 47.9 Å². The van der Waals surface area contributed by atoms with Crippen LogP contribution in [0.15, 0.2) is 51.4 Å². The minimum atomic E-state index is -0.541. The van der Waals surface area contributed by atoms with Crippen LogP contribution in [0.3, 0.4) is 0 Å². The third-order valence-electron chi connectivity index (χ3n) is 2.31. The zero-order valence-corrected chi connectivity index (χ0v) is 13.1. The molecule has 0 radical (unpaired) electrons. The minimum Gasteiger partial charge on any atom is -0.482 e. The lowest BCUT2D eigenvalue weighted by atomic mass is 10.3. The van der Waals surface area contributed by atoms with E-state index in [9.17, 15) is 4.79 Å². The molecule has 20 heavy (non-hydrogen) atoms. The number of rotatable bonds is 5. The summed E-state index contributed by atoms with van der Waals surface area (Å²) in [6.07, 6.45) is 0. The Labute approximate surface area is 129 Å². The highest BCUT2D eigenvalue weighted by atomic mass is 79.9. The first-order valence-electron chi connectivity index (χ1n) is 5.82. The van der Waals surface area contributed by atoms with Gasteiger partial charge in [-0.1, -0.05) is 33.2 Å². The third-order valence-corrected chi connectivity index (χ3v) is 3.79. The van der Waals surface area contributed by atoms with Crippen LogP contribution in [0.25, 0.3) is 0 Å². The number of oxime groups is 1. The van der Waals surface area contributed by atoms with Crippen molar-refractivity contribution in [1.82, 2.24) is 0 Å². The number of nitrogens with zero attached hydrogens (tertiary/aromatic N) is 1. The average Bonchev–Trinajstić information content (AvgIpc) is 2.97. The molecule has 0 N–H and O–H groups in total. The van der Waals surface area contributed by atoms with Gasteiger partial charge < -0.3 is 9.57 Å². The molecule has 0 aliphatic rings. The van der Waals surface area contributed by atoms with Crippen LogP contribution in [0.4, 0.5) is 0 Å². The van der Waals surface area contributed by atoms with Crippen LogP contribution in [0.5, 0.6) is 5.75 Å². The number of halogens is 1. The van der Waals surface area contributed by atoms with Gasteiger partial charge in [-0.05, 0) is 36.6 Å². The standard InChI is InChI=1S/C14H12BrNO3S/c1-10(13-6-3-7-20-13)16-19-14(17)9-18-12-5-2-4-11(15)8-12/h2-8H,9H2,1H3/b16-10+. The van der Waals surface area contributed by atoms with Gasteiger partial charge in [0.05, 0.1) is 10.6 Å². The summed E-state index contributed by atoms with van der Waals surface area (Å²) in [6, 6.07) is 11.1. The van der Waals surface area contributed by atoms with E-state index in [4.69, 9.17) is 9.57 Å². The molecule has 1 aromatic carbocycles. The lowest BCUT2D eigenvalue weighted by molar-refractivity contribution is -0.146. The molecular weight excluding hydrogens is 342 g/mol. The summed E-state index contributed by atoms with van der Waals surface area (Å²) in [5.74, 6) is 0.0520. The number of hydrogen-bond donors (Lipinski definition) is 0. The molecule has 4 nitrogen and oxygen atoms in total. The van der Waals surface area contributed by atoms with Gasteiger partial charge in [0.15, 0.2) is 6.61 Å². The molecule has 6 heteroatoms. The highest BCUT2D eigenvalue weighted by Crippen LogP contribution is 2.17. The predicted molar refractivity (Wildman–Crippen MR) is 82.3 cm³/mol. The summed E-state index contributed by atoms with van der Waals surface area (Å²) in [5, 5.41) is 5.72. The zero-order valence-electron chi connectivity index (χ0n) is 10.7. The van der Waals surface area contributed by atoms with Crippen molar-refractivity contribution in [3.63, 3.8) is 0 Å². The van der Waals surface area contributed by atoms with Crippen molar-refractivity contribution in [1.29, 1.82) is 0 Å². The Morgan fingerprint density at radius 1 is 1.35 bits per heavy atom. The molecular formula is C14H12BrNO3S. The predicted octanol–water partition coefficient (Wildman–Crippen LogP) is 3.86. The molecule has 0 atom stereocenters. The van der Waals surface area contributed by atoms with Crippen molar-refractivity contribution in [2.45, 2.75) is 6.92 Å². The van der Waals surface area contributed by atoms with Gasteiger partial charge in [-0.15, -0.1) is 11.3 Å². The molecule has 1 aromatic heterocycles. The molecule has 2 rings (SSSR count). The Kier molecular flexibility index (Phi) is 5.31. The van der Waals surface area contributed by atoms with Crippen molar-refractivity contribution in [2.75, 3.05) is 6.61 Å². The number of carbonyl (C=O) groups excluding carboxylic acids is 1. The zero-order chi connectivity index (χ0) is 14.4. The van der Waals surface area contributed by atoms with E-state index in [2.05, 4.69) is 21.1 Å². The summed E-state index contributed by atoms with van der Waals surface area (Å²) in [7, 11) is 0. The van der Waals surface area contributed by atoms with Gasteiger partial charge in [0.2, 0.25) is 0 Å². The molecule has 0 spiro atoms. The Morgan fingerprint density at radius 2 is 2.20 bits per heavy atom. The molecule has 1 heterocycles. The van der Waals surface area contributed by atoms with E-state index in [-0.39, 0.29) is 6.61 Å². The molecule has 0 aliphatic carbocycles. The molecule has 0 aliphatic heterocycles. The lowest BCUT2D eigenvalue weighted by Gasteiger charge is -2.04. The van der Waals surface area contributed by atoms with Crippen LogP contribution in [-0.2, 0) is 9.63 Å². The molecule has 0 amide bonds. The van der Waals surface area contributed by atoms with E-state index in [0.717, 1.165) is 9.35 Å². The third kappa shape index (κ3) is 4.47. The van der Waals surface area contributed by atoms with E-state index < -0.39 is 5.97 Å². The summed E-state index contributed by atoms with van der Waals surface area (Å²) in [6.45, 7) is 1.60. The van der Waals surface area contributed by atoms with Crippen molar-refractivity contribution < 1.29 is 14.4 Å². The Morgan fingerprint density at radius 3 is 2.90 bits per heavy atom. The average molecular weight is 354 g/mol. The van der Waals surface area contributed by atoms with Crippen molar-refractivity contribution in [2.24, 2.45) is 5.16 Å². The smallest absolute Gasteiger partial charge is 0.372 e. The van der Waals surface area contributed by atoms with Gasteiger partial charge in [-0.2, -0.15) is 0 Å². The molecule has 0 unspecified atom stereocenters. The van der Waals surface area contributed by atoms with Crippen molar-refractivity contribution in [3.8, 4) is 5.75 Å². The van der Waals surface area contributed by atoms with Gasteiger partial charge in [0.1, 0.15) is 5.75 Å². The fraction of sp³-hybridized carbons (Fsp3) is 0.143. The van der Waals surface area contributed by atoms with Gasteiger partial charge in [-0.3, -0.25) is 0 Å². The highest BCUT2D eigenvalue weighted by Gasteiger charge is 2.06. The molecule has 104 valence electrons. The quantitative estimate of drug-likeness (QED) is 0.465. The van der Waals surface area contributed by atoms with E-state index >= 15 is 0 Å². The summed E-state index contributed by atoms with van der Waals surface area (Å²) in [4.78, 5) is 17.3. The van der Waals surface area contributed by atoms with E-state index in [0.29, 0.717) is 11.5 Å². The summed E-state index contributed by atoms with van der Waals surface area (Å²) < 4.78 is 6.18. The van der Waals surface area contributed by atoms with Crippen LogP contribution >= 0.6 is 27.3 Å². The van der Waals surface area contributed by atoms with E-state index in [1.807, 2.05) is 29.6 Å². The monoisotopic (exact) mass is 353 g/mol. The maximum absolute atomic E-state index is 11.5. The van der Waals surface area contributed by atoms with Crippen molar-refractivity contribution in [3.05, 3.63) is 51.1 Å². The first kappa shape index (κ1) is 14.7. The number of benzene rings is 1. The van der Waals surface area contributed by atoms with Crippen LogP contribution in [0.2, 0.25) is 0 Å². The largest absolute Gasteiger partial charge is 0.482 e. The number of ether oxygens (including phenoxy) is 1. The van der Waals surface area contributed by atoms with Crippen LogP contribution in [0.1, 0.15) is 11.8 Å². The summed E-state index contributed by atoms with van der Waals surface area (Å²) >= 11 is 4.86. The van der Waals surface area contributed by atoms with Gasteiger partial charge in [0, 0.05) is 4.47 Å². The summed E-state index contributed by atoms with van der Waals surface area (Å²) in [5.41, 5.74) is 0.663. The SMILES string of the molecule is C/C(=N\OC(=O)COc1cccc(Br)c1)c1cccs1. The van der Waals surface area contributed by atoms with Crippen LogP contribution in [-0.4, -0.2) is 18.3 Å². The fourth-order valence-electron chi connectivity index (χ4n) is 1.37. The van der Waals surface area contributed by atoms with Gasteiger partial charge in [-0.25, -0.2) is 4.79 Å². The number of carbonyl (C=O) groups is 1. The lowest BCUT2D eigenvalue weighted by Crippen LogP contribution is -2.13. The van der Waals surface area contributed by atoms with Crippen LogP contribution in [0, 0.1) is 0 Å². The van der Waals surface area contributed by atoms with Crippen molar-refractivity contribution >= 4 is 38.9 Å². The molecule has 0 fully saturated rings. The maximum atomic E-state index is 11.5. The molecule has 0 bridgehead atoms. The number of thiophene rings is 1. The first-order chi connectivity index (χ1) is 9.65. The fourth-order valence-corrected chi connectivity index (χ4v) is 2.42. The molecule has 0 saturated heterocycles. The molecule has 2 aromatic rings. The van der Waals surface area contributed by atoms with Gasteiger partial charge in [0.25, 0.3) is 0 Å². The second kappa shape index (κ2) is 7.21. The number of hydrogen-bond acceptors (Lipinski definition) is 5. The minimum absolute atomic E-state index is 0.183.